The smallest absolute Gasteiger partial charge is 0.166 e. The van der Waals surface area contributed by atoms with E-state index in [4.69, 9.17) is 0 Å². The van der Waals surface area contributed by atoms with E-state index in [0.717, 1.165) is 36.5 Å². The molecule has 0 saturated carbocycles. The number of unbranched alkanes of at least 4 members (excludes halogenated alkanes) is 4. The van der Waals surface area contributed by atoms with Crippen LogP contribution in [0.5, 0.6) is 0 Å². The fraction of sp³-hybridized carbons (Fsp3) is 0.391. The van der Waals surface area contributed by atoms with E-state index in [9.17, 15) is 13.2 Å². The first kappa shape index (κ1) is 18.8. The first-order valence-corrected chi connectivity index (χ1v) is 9.56. The van der Waals surface area contributed by atoms with Crippen LogP contribution in [-0.4, -0.2) is 0 Å². The Labute approximate surface area is 153 Å². The van der Waals surface area contributed by atoms with Crippen LogP contribution in [0.25, 0.3) is 17.2 Å². The van der Waals surface area contributed by atoms with E-state index in [1.807, 2.05) is 0 Å². The van der Waals surface area contributed by atoms with Gasteiger partial charge in [-0.25, -0.2) is 13.2 Å². The second-order valence-electron chi connectivity index (χ2n) is 7.10. The van der Waals surface area contributed by atoms with E-state index in [0.29, 0.717) is 0 Å². The second-order valence-corrected chi connectivity index (χ2v) is 7.10. The lowest BCUT2D eigenvalue weighted by Gasteiger charge is -2.18. The van der Waals surface area contributed by atoms with Gasteiger partial charge in [0.15, 0.2) is 11.6 Å². The third-order valence-corrected chi connectivity index (χ3v) is 5.15. The number of allylic oxidation sites excluding steroid dienone is 1. The average molecular weight is 358 g/mol. The zero-order valence-electron chi connectivity index (χ0n) is 15.3. The van der Waals surface area contributed by atoms with Gasteiger partial charge in [0.2, 0.25) is 0 Å². The molecule has 0 spiro atoms. The summed E-state index contributed by atoms with van der Waals surface area (Å²) >= 11 is 0. The maximum atomic E-state index is 14.6. The van der Waals surface area contributed by atoms with Gasteiger partial charge in [-0.1, -0.05) is 56.4 Å². The lowest BCUT2D eigenvalue weighted by atomic mass is 9.87. The van der Waals surface area contributed by atoms with Gasteiger partial charge in [-0.3, -0.25) is 0 Å². The highest BCUT2D eigenvalue weighted by molar-refractivity contribution is 5.70. The molecule has 0 fully saturated rings. The molecule has 1 aliphatic rings. The summed E-state index contributed by atoms with van der Waals surface area (Å²) in [6, 6.07) is 7.01. The summed E-state index contributed by atoms with van der Waals surface area (Å²) in [4.78, 5) is 0. The van der Waals surface area contributed by atoms with Crippen molar-refractivity contribution in [3.05, 3.63) is 64.5 Å². The van der Waals surface area contributed by atoms with Gasteiger partial charge in [0, 0.05) is 11.1 Å². The summed E-state index contributed by atoms with van der Waals surface area (Å²) in [6.45, 7) is 2.21. The van der Waals surface area contributed by atoms with Gasteiger partial charge in [0.05, 0.1) is 0 Å². The minimum Gasteiger partial charge on any atom is -0.206 e. The summed E-state index contributed by atoms with van der Waals surface area (Å²) in [5.74, 6) is -2.45. The van der Waals surface area contributed by atoms with Crippen molar-refractivity contribution in [1.82, 2.24) is 0 Å². The molecule has 1 aliphatic carbocycles. The molecule has 2 aromatic carbocycles. The number of hydrogen-bond donors (Lipinski definition) is 0. The molecule has 0 saturated heterocycles. The Bertz CT molecular complexity index is 805. The number of halogens is 3. The van der Waals surface area contributed by atoms with E-state index in [1.165, 1.54) is 55.9 Å². The fourth-order valence-corrected chi connectivity index (χ4v) is 3.64. The Morgan fingerprint density at radius 1 is 0.846 bits per heavy atom. The topological polar surface area (TPSA) is 0 Å². The molecule has 0 bridgehead atoms. The largest absolute Gasteiger partial charge is 0.206 e. The maximum absolute atomic E-state index is 14.6. The first-order chi connectivity index (χ1) is 12.6. The number of fused-ring (bicyclic) bond motifs is 1. The number of benzene rings is 2. The van der Waals surface area contributed by atoms with Gasteiger partial charge in [0.1, 0.15) is 5.82 Å². The molecule has 3 rings (SSSR count). The van der Waals surface area contributed by atoms with Gasteiger partial charge >= 0.3 is 0 Å². The third-order valence-electron chi connectivity index (χ3n) is 5.15. The van der Waals surface area contributed by atoms with E-state index >= 15 is 0 Å². The van der Waals surface area contributed by atoms with Crippen molar-refractivity contribution in [3.8, 4) is 11.1 Å². The Morgan fingerprint density at radius 2 is 1.65 bits per heavy atom. The molecule has 0 amide bonds. The normalized spacial score (nSPS) is 13.5. The Morgan fingerprint density at radius 3 is 2.46 bits per heavy atom. The fourth-order valence-electron chi connectivity index (χ4n) is 3.64. The predicted molar refractivity (Wildman–Crippen MR) is 101 cm³/mol. The summed E-state index contributed by atoms with van der Waals surface area (Å²) in [5.41, 5.74) is 3.35. The molecule has 138 valence electrons. The lowest BCUT2D eigenvalue weighted by molar-refractivity contribution is 0.510. The van der Waals surface area contributed by atoms with Crippen molar-refractivity contribution >= 4 is 6.08 Å². The van der Waals surface area contributed by atoms with Gasteiger partial charge < -0.3 is 0 Å². The number of rotatable bonds is 7. The minimum atomic E-state index is -0.995. The molecule has 3 heteroatoms. The van der Waals surface area contributed by atoms with Crippen LogP contribution in [0.15, 0.2) is 35.9 Å². The minimum absolute atomic E-state index is 0.0176. The molecular weight excluding hydrogens is 333 g/mol. The lowest BCUT2D eigenvalue weighted by Crippen LogP contribution is -2.02. The van der Waals surface area contributed by atoms with Gasteiger partial charge in [-0.2, -0.15) is 0 Å². The summed E-state index contributed by atoms with van der Waals surface area (Å²) in [7, 11) is 0. The quantitative estimate of drug-likeness (QED) is 0.451. The zero-order valence-corrected chi connectivity index (χ0v) is 15.3. The molecule has 26 heavy (non-hydrogen) atoms. The molecule has 0 radical (unpaired) electrons. The molecule has 0 aromatic heterocycles. The van der Waals surface area contributed by atoms with Crippen LogP contribution in [0.2, 0.25) is 0 Å². The van der Waals surface area contributed by atoms with Gasteiger partial charge in [-0.05, 0) is 55.0 Å². The highest BCUT2D eigenvalue weighted by Crippen LogP contribution is 2.34. The summed E-state index contributed by atoms with van der Waals surface area (Å²) in [5, 5.41) is 0. The van der Waals surface area contributed by atoms with Crippen molar-refractivity contribution in [2.24, 2.45) is 0 Å². The molecule has 2 aromatic rings. The van der Waals surface area contributed by atoms with Gasteiger partial charge in [0.25, 0.3) is 0 Å². The molecule has 0 atom stereocenters. The summed E-state index contributed by atoms with van der Waals surface area (Å²) < 4.78 is 42.1. The monoisotopic (exact) mass is 358 g/mol. The van der Waals surface area contributed by atoms with Crippen molar-refractivity contribution in [2.75, 3.05) is 0 Å². The standard InChI is InChI=1S/C23H25F3/c1-2-3-4-5-6-8-16-11-12-17-14-20(22(25)15-18(17)13-16)19-9-7-10-21(24)23(19)26/h7,9-10,13-15H,2-6,8,11-12H2,1H3. The van der Waals surface area contributed by atoms with Crippen LogP contribution >= 0.6 is 0 Å². The van der Waals surface area contributed by atoms with Gasteiger partial charge in [-0.15, -0.1) is 0 Å². The van der Waals surface area contributed by atoms with E-state index in [1.54, 1.807) is 6.07 Å². The van der Waals surface area contributed by atoms with Crippen LogP contribution in [0.4, 0.5) is 13.2 Å². The zero-order chi connectivity index (χ0) is 18.5. The molecule has 0 N–H and O–H groups in total. The van der Waals surface area contributed by atoms with Crippen LogP contribution < -0.4 is 0 Å². The molecule has 0 heterocycles. The third kappa shape index (κ3) is 4.20. The average Bonchev–Trinajstić information content (AvgIpc) is 2.63. The molecular formula is C23H25F3. The summed E-state index contributed by atoms with van der Waals surface area (Å²) in [6.07, 6.45) is 11.1. The number of aryl methyl sites for hydroxylation is 1. The number of hydrogen-bond acceptors (Lipinski definition) is 0. The Kier molecular flexibility index (Phi) is 6.18. The molecule has 0 unspecified atom stereocenters. The molecule has 0 nitrogen and oxygen atoms in total. The van der Waals surface area contributed by atoms with Crippen LogP contribution in [-0.2, 0) is 6.42 Å². The Hall–Kier alpha value is -2.03. The van der Waals surface area contributed by atoms with Crippen LogP contribution in [0.3, 0.4) is 0 Å². The highest BCUT2D eigenvalue weighted by atomic mass is 19.2. The van der Waals surface area contributed by atoms with Crippen LogP contribution in [0, 0.1) is 17.5 Å². The molecule has 0 aliphatic heterocycles. The maximum Gasteiger partial charge on any atom is 0.166 e. The predicted octanol–water partition coefficient (Wildman–Crippen LogP) is 7.46. The van der Waals surface area contributed by atoms with E-state index in [2.05, 4.69) is 13.0 Å². The van der Waals surface area contributed by atoms with Crippen molar-refractivity contribution in [1.29, 1.82) is 0 Å². The second kappa shape index (κ2) is 8.57. The highest BCUT2D eigenvalue weighted by Gasteiger charge is 2.18. The van der Waals surface area contributed by atoms with Crippen molar-refractivity contribution in [2.45, 2.75) is 58.3 Å². The Balaban J connectivity index is 1.79. The van der Waals surface area contributed by atoms with Crippen molar-refractivity contribution < 1.29 is 13.2 Å². The first-order valence-electron chi connectivity index (χ1n) is 9.56. The SMILES string of the molecule is CCCCCCCC1=Cc2cc(F)c(-c3cccc(F)c3F)cc2CC1. The van der Waals surface area contributed by atoms with E-state index < -0.39 is 17.5 Å². The van der Waals surface area contributed by atoms with Crippen LogP contribution in [0.1, 0.15) is 63.0 Å². The van der Waals surface area contributed by atoms with Crippen molar-refractivity contribution in [3.63, 3.8) is 0 Å². The van der Waals surface area contributed by atoms with E-state index in [-0.39, 0.29) is 11.1 Å².